The van der Waals surface area contributed by atoms with E-state index in [0.29, 0.717) is 12.2 Å². The molecule has 1 amide bonds. The third-order valence-electron chi connectivity index (χ3n) is 5.55. The summed E-state index contributed by atoms with van der Waals surface area (Å²) in [6.45, 7) is 8.65. The van der Waals surface area contributed by atoms with Gasteiger partial charge in [-0.15, -0.1) is 0 Å². The van der Waals surface area contributed by atoms with Crippen LogP contribution in [0.3, 0.4) is 0 Å². The number of aromatic nitrogens is 2. The van der Waals surface area contributed by atoms with Crippen LogP contribution in [-0.4, -0.2) is 64.8 Å². The molecule has 1 aromatic heterocycles. The molecule has 1 fully saturated rings. The number of hydrogen-bond acceptors (Lipinski definition) is 4. The molecule has 1 N–H and O–H groups in total. The smallest absolute Gasteiger partial charge is 0.271 e. The number of hydrogen-bond donors (Lipinski definition) is 1. The molecule has 2 heterocycles. The highest BCUT2D eigenvalue weighted by Gasteiger charge is 2.18. The van der Waals surface area contributed by atoms with Gasteiger partial charge in [0.2, 0.25) is 0 Å². The Bertz CT molecular complexity index is 946. The lowest BCUT2D eigenvalue weighted by atomic mass is 10.2. The molecule has 30 heavy (non-hydrogen) atoms. The van der Waals surface area contributed by atoms with Crippen molar-refractivity contribution in [2.24, 2.45) is 0 Å². The molecule has 0 radical (unpaired) electrons. The lowest BCUT2D eigenvalue weighted by Gasteiger charge is -2.34. The molecule has 0 saturated carbocycles. The summed E-state index contributed by atoms with van der Waals surface area (Å²) in [6, 6.07) is 22.3. The topological polar surface area (TPSA) is 53.4 Å². The Morgan fingerprint density at radius 1 is 0.933 bits per heavy atom. The Morgan fingerprint density at radius 3 is 2.27 bits per heavy atom. The fourth-order valence-corrected chi connectivity index (χ4v) is 3.85. The van der Waals surface area contributed by atoms with Crippen molar-refractivity contribution in [3.05, 3.63) is 83.7 Å². The number of aryl methyl sites for hydroxylation is 1. The average molecular weight is 404 g/mol. The van der Waals surface area contributed by atoms with E-state index in [4.69, 9.17) is 0 Å². The standard InChI is InChI=1S/C24H29N5O/c1-20-18-23(26-29(20)22-10-6-3-7-11-22)24(30)25-12-13-27-14-16-28(17-15-27)19-21-8-4-2-5-9-21/h2-11,18H,12-17,19H2,1H3,(H,25,30). The number of nitrogens with one attached hydrogen (secondary N) is 1. The number of amides is 1. The molecular weight excluding hydrogens is 374 g/mol. The number of rotatable bonds is 7. The van der Waals surface area contributed by atoms with E-state index in [9.17, 15) is 4.79 Å². The van der Waals surface area contributed by atoms with Crippen LogP contribution in [-0.2, 0) is 6.54 Å². The second-order valence-electron chi connectivity index (χ2n) is 7.78. The molecule has 6 heteroatoms. The second-order valence-corrected chi connectivity index (χ2v) is 7.78. The van der Waals surface area contributed by atoms with E-state index in [2.05, 4.69) is 50.5 Å². The fraction of sp³-hybridized carbons (Fsp3) is 0.333. The Hall–Kier alpha value is -2.96. The van der Waals surface area contributed by atoms with E-state index in [1.807, 2.05) is 43.3 Å². The van der Waals surface area contributed by atoms with Crippen LogP contribution in [0.5, 0.6) is 0 Å². The molecule has 156 valence electrons. The molecule has 3 aromatic rings. The quantitative estimate of drug-likeness (QED) is 0.659. The molecule has 1 saturated heterocycles. The van der Waals surface area contributed by atoms with Gasteiger partial charge in [-0.25, -0.2) is 4.68 Å². The van der Waals surface area contributed by atoms with Crippen molar-refractivity contribution in [1.82, 2.24) is 24.9 Å². The van der Waals surface area contributed by atoms with Crippen LogP contribution >= 0.6 is 0 Å². The van der Waals surface area contributed by atoms with Crippen LogP contribution in [0.4, 0.5) is 0 Å². The third-order valence-corrected chi connectivity index (χ3v) is 5.55. The molecule has 2 aromatic carbocycles. The van der Waals surface area contributed by atoms with E-state index < -0.39 is 0 Å². The zero-order chi connectivity index (χ0) is 20.8. The van der Waals surface area contributed by atoms with Crippen LogP contribution in [0.25, 0.3) is 5.69 Å². The lowest BCUT2D eigenvalue weighted by Crippen LogP contribution is -2.48. The Kier molecular flexibility index (Phi) is 6.57. The first-order chi connectivity index (χ1) is 14.7. The first-order valence-corrected chi connectivity index (χ1v) is 10.6. The van der Waals surface area contributed by atoms with Gasteiger partial charge in [-0.3, -0.25) is 14.6 Å². The molecule has 0 unspecified atom stereocenters. The van der Waals surface area contributed by atoms with E-state index in [-0.39, 0.29) is 5.91 Å². The van der Waals surface area contributed by atoms with Crippen molar-refractivity contribution >= 4 is 5.91 Å². The summed E-state index contributed by atoms with van der Waals surface area (Å²) in [5.74, 6) is -0.115. The summed E-state index contributed by atoms with van der Waals surface area (Å²) in [7, 11) is 0. The number of nitrogens with zero attached hydrogens (tertiary/aromatic N) is 4. The molecule has 0 aliphatic carbocycles. The molecule has 0 bridgehead atoms. The monoisotopic (exact) mass is 403 g/mol. The summed E-state index contributed by atoms with van der Waals surface area (Å²) in [6.07, 6.45) is 0. The van der Waals surface area contributed by atoms with E-state index in [1.165, 1.54) is 5.56 Å². The van der Waals surface area contributed by atoms with Crippen molar-refractivity contribution < 1.29 is 4.79 Å². The molecule has 1 aliphatic heterocycles. The van der Waals surface area contributed by atoms with Gasteiger partial charge in [-0.1, -0.05) is 48.5 Å². The maximum Gasteiger partial charge on any atom is 0.271 e. The van der Waals surface area contributed by atoms with Crippen LogP contribution in [0.15, 0.2) is 66.7 Å². The first-order valence-electron chi connectivity index (χ1n) is 10.6. The van der Waals surface area contributed by atoms with Crippen molar-refractivity contribution in [2.45, 2.75) is 13.5 Å². The van der Waals surface area contributed by atoms with Gasteiger partial charge in [-0.2, -0.15) is 5.10 Å². The van der Waals surface area contributed by atoms with Crippen molar-refractivity contribution in [3.8, 4) is 5.69 Å². The zero-order valence-corrected chi connectivity index (χ0v) is 17.5. The summed E-state index contributed by atoms with van der Waals surface area (Å²) >= 11 is 0. The first kappa shape index (κ1) is 20.3. The van der Waals surface area contributed by atoms with Crippen molar-refractivity contribution in [1.29, 1.82) is 0 Å². The Morgan fingerprint density at radius 2 is 1.57 bits per heavy atom. The minimum absolute atomic E-state index is 0.115. The molecule has 0 atom stereocenters. The van der Waals surface area contributed by atoms with Crippen LogP contribution in [0.1, 0.15) is 21.7 Å². The number of benzene rings is 2. The molecular formula is C24H29N5O. The van der Waals surface area contributed by atoms with Gasteiger partial charge < -0.3 is 5.32 Å². The third kappa shape index (κ3) is 5.14. The van der Waals surface area contributed by atoms with Gasteiger partial charge in [0.1, 0.15) is 0 Å². The number of para-hydroxylation sites is 1. The second kappa shape index (κ2) is 9.69. The number of piperazine rings is 1. The van der Waals surface area contributed by atoms with Crippen LogP contribution in [0, 0.1) is 6.92 Å². The molecule has 0 spiro atoms. The summed E-state index contributed by atoms with van der Waals surface area (Å²) in [5, 5.41) is 7.50. The van der Waals surface area contributed by atoms with Gasteiger partial charge in [0.25, 0.3) is 5.91 Å². The lowest BCUT2D eigenvalue weighted by molar-refractivity contribution is 0.0929. The number of carbonyl (C=O) groups is 1. The normalized spacial score (nSPS) is 15.2. The minimum atomic E-state index is -0.115. The predicted octanol–water partition coefficient (Wildman–Crippen LogP) is 2.73. The number of carbonyl (C=O) groups excluding carboxylic acids is 1. The van der Waals surface area contributed by atoms with Gasteiger partial charge >= 0.3 is 0 Å². The molecule has 4 rings (SSSR count). The summed E-state index contributed by atoms with van der Waals surface area (Å²) < 4.78 is 1.81. The van der Waals surface area contributed by atoms with Gasteiger partial charge in [0.05, 0.1) is 5.69 Å². The highest BCUT2D eigenvalue weighted by atomic mass is 16.1. The highest BCUT2D eigenvalue weighted by molar-refractivity contribution is 5.92. The van der Waals surface area contributed by atoms with Crippen molar-refractivity contribution in [2.75, 3.05) is 39.3 Å². The van der Waals surface area contributed by atoms with Crippen molar-refractivity contribution in [3.63, 3.8) is 0 Å². The van der Waals surface area contributed by atoms with E-state index in [1.54, 1.807) is 4.68 Å². The maximum atomic E-state index is 12.5. The largest absolute Gasteiger partial charge is 0.349 e. The Balaban J connectivity index is 1.21. The summed E-state index contributed by atoms with van der Waals surface area (Å²) in [5.41, 5.74) is 3.73. The van der Waals surface area contributed by atoms with E-state index >= 15 is 0 Å². The average Bonchev–Trinajstić information content (AvgIpc) is 3.18. The summed E-state index contributed by atoms with van der Waals surface area (Å²) in [4.78, 5) is 17.4. The molecule has 6 nitrogen and oxygen atoms in total. The van der Waals surface area contributed by atoms with Crippen LogP contribution in [0.2, 0.25) is 0 Å². The fourth-order valence-electron chi connectivity index (χ4n) is 3.85. The van der Waals surface area contributed by atoms with Crippen LogP contribution < -0.4 is 5.32 Å². The van der Waals surface area contributed by atoms with E-state index in [0.717, 1.165) is 50.6 Å². The van der Waals surface area contributed by atoms with Gasteiger partial charge in [0, 0.05) is 51.5 Å². The van der Waals surface area contributed by atoms with Gasteiger partial charge in [-0.05, 0) is 30.7 Å². The van der Waals surface area contributed by atoms with Gasteiger partial charge in [0.15, 0.2) is 5.69 Å². The predicted molar refractivity (Wildman–Crippen MR) is 119 cm³/mol. The molecule has 1 aliphatic rings. The zero-order valence-electron chi connectivity index (χ0n) is 17.5. The SMILES string of the molecule is Cc1cc(C(=O)NCCN2CCN(Cc3ccccc3)CC2)nn1-c1ccccc1. The minimum Gasteiger partial charge on any atom is -0.349 e. The maximum absolute atomic E-state index is 12.5. The Labute approximate surface area is 178 Å². The highest BCUT2D eigenvalue weighted by Crippen LogP contribution is 2.12.